The summed E-state index contributed by atoms with van der Waals surface area (Å²) in [7, 11) is 0. The van der Waals surface area contributed by atoms with Gasteiger partial charge >= 0.3 is 5.97 Å². The number of amides is 1. The molecule has 19 heavy (non-hydrogen) atoms. The van der Waals surface area contributed by atoms with Gasteiger partial charge in [0, 0.05) is 19.1 Å². The molecule has 1 atom stereocenters. The van der Waals surface area contributed by atoms with Crippen LogP contribution in [0, 0.1) is 5.92 Å². The summed E-state index contributed by atoms with van der Waals surface area (Å²) in [6, 6.07) is 0.342. The number of carbonyl (C=O) groups is 2. The van der Waals surface area contributed by atoms with E-state index in [9.17, 15) is 14.7 Å². The van der Waals surface area contributed by atoms with Crippen LogP contribution in [0.25, 0.3) is 0 Å². The smallest absolute Gasteiger partial charge is 0.309 e. The number of carboxylic acid groups (broad SMARTS) is 1. The molecule has 5 nitrogen and oxygen atoms in total. The molecule has 0 bridgehead atoms. The Labute approximate surface area is 114 Å². The molecular weight excluding hydrogens is 244 g/mol. The van der Waals surface area contributed by atoms with Crippen LogP contribution in [0.4, 0.5) is 0 Å². The molecule has 0 aromatic carbocycles. The lowest BCUT2D eigenvalue weighted by atomic mass is 9.89. The molecule has 2 fully saturated rings. The van der Waals surface area contributed by atoms with Gasteiger partial charge < -0.3 is 10.4 Å². The van der Waals surface area contributed by atoms with Crippen molar-refractivity contribution in [2.75, 3.05) is 13.1 Å². The van der Waals surface area contributed by atoms with E-state index in [1.807, 2.05) is 13.8 Å². The molecule has 0 aromatic rings. The van der Waals surface area contributed by atoms with Gasteiger partial charge in [0.05, 0.1) is 11.5 Å². The minimum absolute atomic E-state index is 0.0539. The second-order valence-electron chi connectivity index (χ2n) is 6.25. The number of rotatable bonds is 2. The average Bonchev–Trinajstić information content (AvgIpc) is 2.49. The molecule has 1 aliphatic carbocycles. The van der Waals surface area contributed by atoms with Crippen LogP contribution in [-0.2, 0) is 9.59 Å². The van der Waals surface area contributed by atoms with Gasteiger partial charge in [0.15, 0.2) is 0 Å². The fraction of sp³-hybridized carbons (Fsp3) is 0.857. The van der Waals surface area contributed by atoms with Gasteiger partial charge in [-0.1, -0.05) is 19.3 Å². The fourth-order valence-corrected chi connectivity index (χ4v) is 3.26. The predicted octanol–water partition coefficient (Wildman–Crippen LogP) is 1.23. The first-order valence-electron chi connectivity index (χ1n) is 7.21. The second-order valence-corrected chi connectivity index (χ2v) is 6.25. The van der Waals surface area contributed by atoms with E-state index in [1.54, 1.807) is 0 Å². The normalized spacial score (nSPS) is 29.6. The average molecular weight is 268 g/mol. The molecule has 2 N–H and O–H groups in total. The molecule has 2 rings (SSSR count). The zero-order chi connectivity index (χ0) is 14.0. The topological polar surface area (TPSA) is 69.6 Å². The van der Waals surface area contributed by atoms with Crippen molar-refractivity contribution in [3.05, 3.63) is 0 Å². The predicted molar refractivity (Wildman–Crippen MR) is 71.8 cm³/mol. The first kappa shape index (κ1) is 14.3. The number of hydrogen-bond acceptors (Lipinski definition) is 3. The van der Waals surface area contributed by atoms with Crippen molar-refractivity contribution in [2.45, 2.75) is 57.5 Å². The van der Waals surface area contributed by atoms with Gasteiger partial charge in [0.2, 0.25) is 5.91 Å². The molecular formula is C14H24N2O3. The van der Waals surface area contributed by atoms with E-state index in [2.05, 4.69) is 10.2 Å². The Morgan fingerprint density at radius 2 is 1.95 bits per heavy atom. The van der Waals surface area contributed by atoms with E-state index in [0.29, 0.717) is 12.6 Å². The Balaban J connectivity index is 2.22. The van der Waals surface area contributed by atoms with Crippen LogP contribution in [0.3, 0.4) is 0 Å². The third-order valence-electron chi connectivity index (χ3n) is 4.56. The van der Waals surface area contributed by atoms with E-state index in [-0.39, 0.29) is 12.5 Å². The Morgan fingerprint density at radius 1 is 1.32 bits per heavy atom. The molecule has 1 amide bonds. The first-order chi connectivity index (χ1) is 8.93. The number of aliphatic carboxylic acids is 1. The van der Waals surface area contributed by atoms with Crippen molar-refractivity contribution >= 4 is 11.9 Å². The molecule has 1 saturated carbocycles. The van der Waals surface area contributed by atoms with E-state index < -0.39 is 17.4 Å². The van der Waals surface area contributed by atoms with Crippen molar-refractivity contribution in [1.29, 1.82) is 0 Å². The molecule has 5 heteroatoms. The third kappa shape index (κ3) is 2.91. The van der Waals surface area contributed by atoms with Crippen LogP contribution < -0.4 is 5.32 Å². The quantitative estimate of drug-likeness (QED) is 0.790. The van der Waals surface area contributed by atoms with E-state index >= 15 is 0 Å². The highest BCUT2D eigenvalue weighted by atomic mass is 16.4. The van der Waals surface area contributed by atoms with E-state index in [4.69, 9.17) is 0 Å². The lowest BCUT2D eigenvalue weighted by Gasteiger charge is -2.43. The largest absolute Gasteiger partial charge is 0.481 e. The Kier molecular flexibility index (Phi) is 4.13. The van der Waals surface area contributed by atoms with Crippen LogP contribution in [0.5, 0.6) is 0 Å². The van der Waals surface area contributed by atoms with Crippen LogP contribution >= 0.6 is 0 Å². The summed E-state index contributed by atoms with van der Waals surface area (Å²) in [4.78, 5) is 25.6. The number of carbonyl (C=O) groups excluding carboxylic acids is 1. The highest BCUT2D eigenvalue weighted by Crippen LogP contribution is 2.30. The zero-order valence-corrected chi connectivity index (χ0v) is 11.8. The monoisotopic (exact) mass is 268 g/mol. The Morgan fingerprint density at radius 3 is 2.53 bits per heavy atom. The second kappa shape index (κ2) is 5.49. The summed E-state index contributed by atoms with van der Waals surface area (Å²) in [6.45, 7) is 4.51. The molecule has 2 aliphatic rings. The van der Waals surface area contributed by atoms with E-state index in [1.165, 1.54) is 19.3 Å². The van der Waals surface area contributed by atoms with Crippen LogP contribution in [-0.4, -0.2) is 46.6 Å². The SMILES string of the molecule is CC1(C)C(=O)NCC(C(=O)O)CN1C1CCCCC1. The van der Waals surface area contributed by atoms with Gasteiger partial charge in [-0.3, -0.25) is 14.5 Å². The van der Waals surface area contributed by atoms with Crippen molar-refractivity contribution < 1.29 is 14.7 Å². The number of nitrogens with zero attached hydrogens (tertiary/aromatic N) is 1. The molecule has 1 unspecified atom stereocenters. The maximum atomic E-state index is 12.2. The standard InChI is InChI=1S/C14H24N2O3/c1-14(2)13(19)15-8-10(12(17)18)9-16(14)11-6-4-3-5-7-11/h10-11H,3-9H2,1-2H3,(H,15,19)(H,17,18). The molecule has 0 spiro atoms. The zero-order valence-electron chi connectivity index (χ0n) is 11.8. The molecule has 1 heterocycles. The molecule has 0 radical (unpaired) electrons. The van der Waals surface area contributed by atoms with Gasteiger partial charge in [-0.15, -0.1) is 0 Å². The lowest BCUT2D eigenvalue weighted by Crippen LogP contribution is -2.57. The highest BCUT2D eigenvalue weighted by molar-refractivity contribution is 5.86. The van der Waals surface area contributed by atoms with Gasteiger partial charge in [-0.2, -0.15) is 0 Å². The summed E-state index contributed by atoms with van der Waals surface area (Å²) >= 11 is 0. The maximum Gasteiger partial charge on any atom is 0.309 e. The third-order valence-corrected chi connectivity index (χ3v) is 4.56. The van der Waals surface area contributed by atoms with Crippen LogP contribution in [0.1, 0.15) is 46.0 Å². The summed E-state index contributed by atoms with van der Waals surface area (Å²) in [5.41, 5.74) is -0.619. The van der Waals surface area contributed by atoms with Gasteiger partial charge in [-0.05, 0) is 26.7 Å². The molecule has 1 aliphatic heterocycles. The van der Waals surface area contributed by atoms with Crippen molar-refractivity contribution in [3.63, 3.8) is 0 Å². The summed E-state index contributed by atoms with van der Waals surface area (Å²) in [5, 5.41) is 12.0. The molecule has 1 saturated heterocycles. The summed E-state index contributed by atoms with van der Waals surface area (Å²) < 4.78 is 0. The Bertz CT molecular complexity index is 362. The number of nitrogens with one attached hydrogen (secondary N) is 1. The lowest BCUT2D eigenvalue weighted by molar-refractivity contribution is -0.143. The van der Waals surface area contributed by atoms with Gasteiger partial charge in [0.25, 0.3) is 0 Å². The highest BCUT2D eigenvalue weighted by Gasteiger charge is 2.43. The molecule has 108 valence electrons. The van der Waals surface area contributed by atoms with Crippen molar-refractivity contribution in [1.82, 2.24) is 10.2 Å². The fourth-order valence-electron chi connectivity index (χ4n) is 3.26. The number of hydrogen-bond donors (Lipinski definition) is 2. The van der Waals surface area contributed by atoms with Gasteiger partial charge in [0.1, 0.15) is 0 Å². The van der Waals surface area contributed by atoms with Crippen molar-refractivity contribution in [3.8, 4) is 0 Å². The minimum Gasteiger partial charge on any atom is -0.481 e. The first-order valence-corrected chi connectivity index (χ1v) is 7.21. The number of carboxylic acids is 1. The van der Waals surface area contributed by atoms with Gasteiger partial charge in [-0.25, -0.2) is 0 Å². The van der Waals surface area contributed by atoms with E-state index in [0.717, 1.165) is 12.8 Å². The van der Waals surface area contributed by atoms with Crippen molar-refractivity contribution in [2.24, 2.45) is 5.92 Å². The summed E-state index contributed by atoms with van der Waals surface area (Å²) in [6.07, 6.45) is 5.75. The molecule has 0 aromatic heterocycles. The minimum atomic E-state index is -0.821. The van der Waals surface area contributed by atoms with Crippen LogP contribution in [0.2, 0.25) is 0 Å². The Hall–Kier alpha value is -1.10. The summed E-state index contributed by atoms with van der Waals surface area (Å²) in [5.74, 6) is -1.38. The maximum absolute atomic E-state index is 12.2. The van der Waals surface area contributed by atoms with Crippen LogP contribution in [0.15, 0.2) is 0 Å².